The van der Waals surface area contributed by atoms with E-state index in [0.717, 1.165) is 22.2 Å². The Morgan fingerprint density at radius 2 is 1.83 bits per heavy atom. The highest BCUT2D eigenvalue weighted by Gasteiger charge is 2.19. The molecule has 4 aromatic rings. The number of amides is 2. The normalized spacial score (nSPS) is 11.4. The molecule has 2 aromatic heterocycles. The highest BCUT2D eigenvalue weighted by Crippen LogP contribution is 2.26. The molecule has 0 spiro atoms. The Balaban J connectivity index is 1.60. The minimum Gasteiger partial charge on any atom is -0.350 e. The Kier molecular flexibility index (Phi) is 7.48. The van der Waals surface area contributed by atoms with Gasteiger partial charge in [-0.1, -0.05) is 39.0 Å². The molecule has 0 unspecified atom stereocenters. The summed E-state index contributed by atoms with van der Waals surface area (Å²) < 4.78 is 15.7. The number of nitrogens with zero attached hydrogens (tertiary/aromatic N) is 2. The van der Waals surface area contributed by atoms with Gasteiger partial charge in [-0.3, -0.25) is 14.6 Å². The summed E-state index contributed by atoms with van der Waals surface area (Å²) >= 11 is 0. The average molecular weight is 487 g/mol. The van der Waals surface area contributed by atoms with Gasteiger partial charge in [0, 0.05) is 54.4 Å². The second kappa shape index (κ2) is 10.7. The van der Waals surface area contributed by atoms with E-state index < -0.39 is 0 Å². The molecular formula is C29H31FN4O2. The highest BCUT2D eigenvalue weighted by molar-refractivity contribution is 6.00. The number of hydrogen-bond donors (Lipinski definition) is 2. The minimum absolute atomic E-state index is 0.0615. The maximum absolute atomic E-state index is 13.9. The molecule has 6 nitrogen and oxygen atoms in total. The van der Waals surface area contributed by atoms with Crippen LogP contribution in [0.3, 0.4) is 0 Å². The molecule has 0 saturated carbocycles. The van der Waals surface area contributed by atoms with Crippen LogP contribution in [-0.4, -0.2) is 27.9 Å². The van der Waals surface area contributed by atoms with Gasteiger partial charge in [-0.15, -0.1) is 0 Å². The molecule has 2 amide bonds. The van der Waals surface area contributed by atoms with Gasteiger partial charge in [0.1, 0.15) is 11.5 Å². The summed E-state index contributed by atoms with van der Waals surface area (Å²) in [6, 6.07) is 19.4. The molecule has 0 radical (unpaired) electrons. The van der Waals surface area contributed by atoms with Crippen molar-refractivity contribution in [2.24, 2.45) is 5.41 Å². The summed E-state index contributed by atoms with van der Waals surface area (Å²) in [5.41, 5.74) is 3.48. The summed E-state index contributed by atoms with van der Waals surface area (Å²) in [5.74, 6) is -0.612. The summed E-state index contributed by atoms with van der Waals surface area (Å²) in [5, 5.41) is 6.74. The van der Waals surface area contributed by atoms with Crippen LogP contribution in [0.2, 0.25) is 0 Å². The van der Waals surface area contributed by atoms with Crippen molar-refractivity contribution in [3.05, 3.63) is 95.7 Å². The van der Waals surface area contributed by atoms with Gasteiger partial charge >= 0.3 is 0 Å². The number of aromatic nitrogens is 2. The van der Waals surface area contributed by atoms with Crippen LogP contribution in [0.4, 0.5) is 10.1 Å². The minimum atomic E-state index is -0.325. The van der Waals surface area contributed by atoms with Crippen LogP contribution in [0, 0.1) is 11.2 Å². The molecule has 186 valence electrons. The third kappa shape index (κ3) is 6.56. The number of benzene rings is 2. The molecule has 0 saturated heterocycles. The number of anilines is 1. The number of carbonyl (C=O) groups excluding carboxylic acids is 2. The van der Waals surface area contributed by atoms with Crippen molar-refractivity contribution >= 4 is 28.4 Å². The van der Waals surface area contributed by atoms with Crippen LogP contribution in [0.1, 0.15) is 48.9 Å². The zero-order valence-electron chi connectivity index (χ0n) is 20.8. The van der Waals surface area contributed by atoms with Crippen molar-refractivity contribution < 1.29 is 14.0 Å². The Labute approximate surface area is 210 Å². The number of nitrogens with one attached hydrogen (secondary N) is 2. The lowest BCUT2D eigenvalue weighted by Gasteiger charge is -2.17. The first-order valence-corrected chi connectivity index (χ1v) is 12.0. The van der Waals surface area contributed by atoms with Crippen molar-refractivity contribution in [2.75, 3.05) is 11.9 Å². The number of rotatable bonds is 8. The molecule has 2 aromatic carbocycles. The molecule has 0 bridgehead atoms. The first-order valence-electron chi connectivity index (χ1n) is 12.0. The van der Waals surface area contributed by atoms with Crippen LogP contribution < -0.4 is 10.6 Å². The van der Waals surface area contributed by atoms with Gasteiger partial charge < -0.3 is 15.2 Å². The second-order valence-electron chi connectivity index (χ2n) is 10.1. The summed E-state index contributed by atoms with van der Waals surface area (Å²) in [6.07, 6.45) is 2.74. The molecule has 4 rings (SSSR count). The predicted octanol–water partition coefficient (Wildman–Crippen LogP) is 5.57. The fourth-order valence-electron chi connectivity index (χ4n) is 4.15. The number of hydrogen-bond acceptors (Lipinski definition) is 3. The van der Waals surface area contributed by atoms with Gasteiger partial charge in [0.2, 0.25) is 5.91 Å². The molecular weight excluding hydrogens is 455 g/mol. The van der Waals surface area contributed by atoms with Gasteiger partial charge in [-0.25, -0.2) is 4.39 Å². The maximum atomic E-state index is 13.9. The van der Waals surface area contributed by atoms with Gasteiger partial charge in [0.15, 0.2) is 0 Å². The van der Waals surface area contributed by atoms with Crippen LogP contribution in [0.15, 0.2) is 72.9 Å². The van der Waals surface area contributed by atoms with Crippen molar-refractivity contribution in [2.45, 2.75) is 40.2 Å². The van der Waals surface area contributed by atoms with Crippen molar-refractivity contribution in [3.8, 4) is 0 Å². The van der Waals surface area contributed by atoms with E-state index in [1.54, 1.807) is 12.3 Å². The van der Waals surface area contributed by atoms with Gasteiger partial charge in [0.05, 0.1) is 0 Å². The lowest BCUT2D eigenvalue weighted by molar-refractivity contribution is -0.117. The number of carbonyl (C=O) groups is 2. The standard InChI is InChI=1S/C29H31FN4O2/c1-29(2,3)18-27(35)33-24-10-11-25-21(16-24)17-26(34(25)19-20-7-6-8-22(30)15-20)28(36)32-14-12-23-9-4-5-13-31-23/h4-11,13,15-17H,12,14,18-19H2,1-3H3,(H,32,36)(H,33,35). The Hall–Kier alpha value is -4.00. The molecule has 0 aliphatic carbocycles. The zero-order valence-corrected chi connectivity index (χ0v) is 20.8. The maximum Gasteiger partial charge on any atom is 0.267 e. The van der Waals surface area contributed by atoms with E-state index in [-0.39, 0.29) is 23.0 Å². The van der Waals surface area contributed by atoms with Crippen LogP contribution in [-0.2, 0) is 17.8 Å². The van der Waals surface area contributed by atoms with Crippen molar-refractivity contribution in [1.82, 2.24) is 14.9 Å². The monoisotopic (exact) mass is 486 g/mol. The SMILES string of the molecule is CC(C)(C)CC(=O)Nc1ccc2c(c1)cc(C(=O)NCCc1ccccn1)n2Cc1cccc(F)c1. The summed E-state index contributed by atoms with van der Waals surface area (Å²) in [6.45, 7) is 6.81. The lowest BCUT2D eigenvalue weighted by atomic mass is 9.92. The van der Waals surface area contributed by atoms with Crippen LogP contribution >= 0.6 is 0 Å². The molecule has 7 heteroatoms. The smallest absolute Gasteiger partial charge is 0.267 e. The Morgan fingerprint density at radius 1 is 1.00 bits per heavy atom. The number of pyridine rings is 1. The first kappa shape index (κ1) is 25.1. The largest absolute Gasteiger partial charge is 0.350 e. The van der Waals surface area contributed by atoms with Crippen molar-refractivity contribution in [3.63, 3.8) is 0 Å². The molecule has 2 N–H and O–H groups in total. The lowest BCUT2D eigenvalue weighted by Crippen LogP contribution is -2.28. The molecule has 0 fully saturated rings. The van der Waals surface area contributed by atoms with E-state index in [4.69, 9.17) is 0 Å². The fraction of sp³-hybridized carbons (Fsp3) is 0.276. The number of halogens is 1. The first-order chi connectivity index (χ1) is 17.2. The quantitative estimate of drug-likeness (QED) is 0.342. The predicted molar refractivity (Wildman–Crippen MR) is 140 cm³/mol. The molecule has 0 aliphatic heterocycles. The Bertz CT molecular complexity index is 1370. The topological polar surface area (TPSA) is 76.0 Å². The zero-order chi connectivity index (χ0) is 25.7. The van der Waals surface area contributed by atoms with Gasteiger partial charge in [-0.2, -0.15) is 0 Å². The van der Waals surface area contributed by atoms with E-state index in [1.807, 2.05) is 73.9 Å². The fourth-order valence-corrected chi connectivity index (χ4v) is 4.15. The van der Waals surface area contributed by atoms with Crippen LogP contribution in [0.5, 0.6) is 0 Å². The van der Waals surface area contributed by atoms with E-state index in [2.05, 4.69) is 15.6 Å². The third-order valence-corrected chi connectivity index (χ3v) is 5.73. The number of fused-ring (bicyclic) bond motifs is 1. The van der Waals surface area contributed by atoms with E-state index in [0.29, 0.717) is 37.3 Å². The molecule has 0 aliphatic rings. The third-order valence-electron chi connectivity index (χ3n) is 5.73. The summed E-state index contributed by atoms with van der Waals surface area (Å²) in [7, 11) is 0. The van der Waals surface area contributed by atoms with Crippen LogP contribution in [0.25, 0.3) is 10.9 Å². The average Bonchev–Trinajstić information content (AvgIpc) is 3.16. The van der Waals surface area contributed by atoms with Gasteiger partial charge in [0.25, 0.3) is 5.91 Å². The van der Waals surface area contributed by atoms with E-state index in [1.165, 1.54) is 12.1 Å². The van der Waals surface area contributed by atoms with E-state index >= 15 is 0 Å². The molecule has 0 atom stereocenters. The second-order valence-corrected chi connectivity index (χ2v) is 10.1. The summed E-state index contributed by atoms with van der Waals surface area (Å²) in [4.78, 5) is 29.9. The molecule has 2 heterocycles. The van der Waals surface area contributed by atoms with E-state index in [9.17, 15) is 14.0 Å². The highest BCUT2D eigenvalue weighted by atomic mass is 19.1. The molecule has 36 heavy (non-hydrogen) atoms. The van der Waals surface area contributed by atoms with Crippen molar-refractivity contribution in [1.29, 1.82) is 0 Å². The Morgan fingerprint density at radius 3 is 2.56 bits per heavy atom. The van der Waals surface area contributed by atoms with Gasteiger partial charge in [-0.05, 0) is 59.5 Å².